The molecule has 1 saturated carbocycles. The van der Waals surface area contributed by atoms with Crippen molar-refractivity contribution >= 4 is 0 Å². The zero-order chi connectivity index (χ0) is 10.2. The van der Waals surface area contributed by atoms with Crippen LogP contribution < -0.4 is 5.32 Å². The van der Waals surface area contributed by atoms with Gasteiger partial charge in [-0.2, -0.15) is 0 Å². The molecule has 1 N–H and O–H groups in total. The number of terminal acetylenes is 1. The van der Waals surface area contributed by atoms with Crippen molar-refractivity contribution in [3.05, 3.63) is 0 Å². The van der Waals surface area contributed by atoms with Crippen LogP contribution in [0.25, 0.3) is 0 Å². The number of hydrogen-bond donors (Lipinski definition) is 1. The highest BCUT2D eigenvalue weighted by atomic mass is 14.9. The molecule has 0 aromatic rings. The van der Waals surface area contributed by atoms with E-state index in [2.05, 4.69) is 18.2 Å². The normalized spacial score (nSPS) is 27.1. The average Bonchev–Trinajstić information content (AvgIpc) is 2.25. The van der Waals surface area contributed by atoms with Gasteiger partial charge >= 0.3 is 0 Å². The fraction of sp³-hybridized carbons (Fsp3) is 0.846. The second kappa shape index (κ2) is 6.90. The van der Waals surface area contributed by atoms with Gasteiger partial charge in [0.15, 0.2) is 0 Å². The summed E-state index contributed by atoms with van der Waals surface area (Å²) in [4.78, 5) is 0. The van der Waals surface area contributed by atoms with Crippen molar-refractivity contribution in [3.8, 4) is 12.3 Å². The maximum absolute atomic E-state index is 5.21. The SMILES string of the molecule is C#CCCCNC1CCC(CC)CC1. The fourth-order valence-electron chi connectivity index (χ4n) is 2.27. The minimum atomic E-state index is 0.774. The highest BCUT2D eigenvalue weighted by Gasteiger charge is 2.18. The molecule has 14 heavy (non-hydrogen) atoms. The molecule has 0 saturated heterocycles. The van der Waals surface area contributed by atoms with Crippen LogP contribution in [0.5, 0.6) is 0 Å². The molecular formula is C13H23N. The van der Waals surface area contributed by atoms with Crippen molar-refractivity contribution in [1.82, 2.24) is 5.32 Å². The predicted octanol–water partition coefficient (Wildman–Crippen LogP) is 2.96. The first kappa shape index (κ1) is 11.6. The van der Waals surface area contributed by atoms with Crippen molar-refractivity contribution in [2.24, 2.45) is 5.92 Å². The Morgan fingerprint density at radius 3 is 2.57 bits per heavy atom. The minimum absolute atomic E-state index is 0.774. The second-order valence-electron chi connectivity index (χ2n) is 4.39. The molecule has 1 heteroatoms. The van der Waals surface area contributed by atoms with Crippen molar-refractivity contribution in [3.63, 3.8) is 0 Å². The largest absolute Gasteiger partial charge is 0.314 e. The van der Waals surface area contributed by atoms with E-state index in [0.717, 1.165) is 31.3 Å². The summed E-state index contributed by atoms with van der Waals surface area (Å²) in [5.41, 5.74) is 0. The number of nitrogens with one attached hydrogen (secondary N) is 1. The van der Waals surface area contributed by atoms with Gasteiger partial charge in [0.2, 0.25) is 0 Å². The van der Waals surface area contributed by atoms with Crippen LogP contribution in [-0.2, 0) is 0 Å². The fourth-order valence-corrected chi connectivity index (χ4v) is 2.27. The van der Waals surface area contributed by atoms with Gasteiger partial charge in [0.25, 0.3) is 0 Å². The lowest BCUT2D eigenvalue weighted by Gasteiger charge is -2.28. The first-order valence-electron chi connectivity index (χ1n) is 6.03. The summed E-state index contributed by atoms with van der Waals surface area (Å²) in [6, 6.07) is 0.774. The number of unbranched alkanes of at least 4 members (excludes halogenated alkanes) is 1. The summed E-state index contributed by atoms with van der Waals surface area (Å²) >= 11 is 0. The van der Waals surface area contributed by atoms with Crippen LogP contribution in [0.3, 0.4) is 0 Å². The third-order valence-corrected chi connectivity index (χ3v) is 3.36. The molecule has 1 nitrogen and oxygen atoms in total. The van der Waals surface area contributed by atoms with E-state index in [1.807, 2.05) is 0 Å². The average molecular weight is 193 g/mol. The molecule has 0 aromatic heterocycles. The zero-order valence-corrected chi connectivity index (χ0v) is 9.39. The molecule has 0 bridgehead atoms. The van der Waals surface area contributed by atoms with Gasteiger partial charge in [-0.1, -0.05) is 13.3 Å². The highest BCUT2D eigenvalue weighted by Crippen LogP contribution is 2.26. The zero-order valence-electron chi connectivity index (χ0n) is 9.39. The van der Waals surface area contributed by atoms with Crippen molar-refractivity contribution in [1.29, 1.82) is 0 Å². The topological polar surface area (TPSA) is 12.0 Å². The van der Waals surface area contributed by atoms with Gasteiger partial charge in [0.05, 0.1) is 0 Å². The van der Waals surface area contributed by atoms with Gasteiger partial charge in [-0.25, -0.2) is 0 Å². The lowest BCUT2D eigenvalue weighted by molar-refractivity contribution is 0.286. The van der Waals surface area contributed by atoms with E-state index in [4.69, 9.17) is 6.42 Å². The molecule has 0 radical (unpaired) electrons. The molecule has 0 unspecified atom stereocenters. The predicted molar refractivity (Wildman–Crippen MR) is 62.1 cm³/mol. The van der Waals surface area contributed by atoms with Gasteiger partial charge < -0.3 is 5.32 Å². The molecule has 1 rings (SSSR count). The molecule has 1 fully saturated rings. The summed E-state index contributed by atoms with van der Waals surface area (Å²) in [7, 11) is 0. The van der Waals surface area contributed by atoms with E-state index in [1.54, 1.807) is 0 Å². The maximum Gasteiger partial charge on any atom is 0.00981 e. The molecule has 0 aromatic carbocycles. The summed E-state index contributed by atoms with van der Waals surface area (Å²) < 4.78 is 0. The lowest BCUT2D eigenvalue weighted by atomic mass is 9.84. The van der Waals surface area contributed by atoms with Crippen molar-refractivity contribution in [2.45, 2.75) is 57.9 Å². The van der Waals surface area contributed by atoms with Crippen LogP contribution >= 0.6 is 0 Å². The summed E-state index contributed by atoms with van der Waals surface area (Å²) in [5, 5.41) is 3.61. The first-order chi connectivity index (χ1) is 6.86. The smallest absolute Gasteiger partial charge is 0.00981 e. The van der Waals surface area contributed by atoms with Crippen LogP contribution in [-0.4, -0.2) is 12.6 Å². The Labute approximate surface area is 88.7 Å². The van der Waals surface area contributed by atoms with Gasteiger partial charge in [-0.3, -0.25) is 0 Å². The Morgan fingerprint density at radius 1 is 1.29 bits per heavy atom. The van der Waals surface area contributed by atoms with E-state index < -0.39 is 0 Å². The standard InChI is InChI=1S/C13H23N/c1-3-5-6-11-14-13-9-7-12(4-2)8-10-13/h1,12-14H,4-11H2,2H3. The summed E-state index contributed by atoms with van der Waals surface area (Å²) in [5.74, 6) is 3.68. The summed E-state index contributed by atoms with van der Waals surface area (Å²) in [6.45, 7) is 3.41. The Kier molecular flexibility index (Phi) is 5.71. The molecule has 0 aliphatic heterocycles. The molecule has 1 aliphatic carbocycles. The molecular weight excluding hydrogens is 170 g/mol. The van der Waals surface area contributed by atoms with Crippen LogP contribution in [0.1, 0.15) is 51.9 Å². The van der Waals surface area contributed by atoms with Gasteiger partial charge in [-0.15, -0.1) is 12.3 Å². The van der Waals surface area contributed by atoms with Crippen molar-refractivity contribution < 1.29 is 0 Å². The summed E-state index contributed by atoms with van der Waals surface area (Å²) in [6.07, 6.45) is 14.2. The van der Waals surface area contributed by atoms with Gasteiger partial charge in [0.1, 0.15) is 0 Å². The molecule has 80 valence electrons. The Morgan fingerprint density at radius 2 is 2.00 bits per heavy atom. The lowest BCUT2D eigenvalue weighted by Crippen LogP contribution is -2.33. The molecule has 1 aliphatic rings. The second-order valence-corrected chi connectivity index (χ2v) is 4.39. The van der Waals surface area contributed by atoms with E-state index in [1.165, 1.54) is 32.1 Å². The molecule has 0 spiro atoms. The molecule has 0 atom stereocenters. The Bertz CT molecular complexity index is 172. The highest BCUT2D eigenvalue weighted by molar-refractivity contribution is 4.84. The quantitative estimate of drug-likeness (QED) is 0.523. The third-order valence-electron chi connectivity index (χ3n) is 3.36. The first-order valence-corrected chi connectivity index (χ1v) is 6.03. The number of hydrogen-bond acceptors (Lipinski definition) is 1. The molecule has 0 heterocycles. The Hall–Kier alpha value is -0.480. The third kappa shape index (κ3) is 4.15. The molecule has 0 amide bonds. The van der Waals surface area contributed by atoms with E-state index in [9.17, 15) is 0 Å². The Balaban J connectivity index is 2.02. The van der Waals surface area contributed by atoms with Crippen LogP contribution in [0.4, 0.5) is 0 Å². The van der Waals surface area contributed by atoms with E-state index in [-0.39, 0.29) is 0 Å². The minimum Gasteiger partial charge on any atom is -0.314 e. The van der Waals surface area contributed by atoms with Crippen molar-refractivity contribution in [2.75, 3.05) is 6.54 Å². The van der Waals surface area contributed by atoms with Crippen LogP contribution in [0.2, 0.25) is 0 Å². The van der Waals surface area contributed by atoms with Crippen LogP contribution in [0.15, 0.2) is 0 Å². The van der Waals surface area contributed by atoms with E-state index in [0.29, 0.717) is 0 Å². The van der Waals surface area contributed by atoms with Crippen LogP contribution in [0, 0.1) is 18.3 Å². The van der Waals surface area contributed by atoms with E-state index >= 15 is 0 Å². The van der Waals surface area contributed by atoms with Gasteiger partial charge in [0, 0.05) is 12.5 Å². The van der Waals surface area contributed by atoms with Gasteiger partial charge in [-0.05, 0) is 44.6 Å². The monoisotopic (exact) mass is 193 g/mol. The number of rotatable bonds is 5. The maximum atomic E-state index is 5.21.